The molecule has 0 amide bonds. The number of furan rings is 1. The summed E-state index contributed by atoms with van der Waals surface area (Å²) in [6.45, 7) is 0. The number of halogens is 2. The quantitative estimate of drug-likeness (QED) is 0.843. The van der Waals surface area contributed by atoms with Crippen molar-refractivity contribution in [2.45, 2.75) is 5.75 Å². The van der Waals surface area contributed by atoms with Crippen LogP contribution in [0.15, 0.2) is 52.1 Å². The van der Waals surface area contributed by atoms with E-state index >= 15 is 0 Å². The first-order valence-corrected chi connectivity index (χ1v) is 8.02. The average Bonchev–Trinajstić information content (AvgIpc) is 2.95. The normalized spacial score (nSPS) is 12.0. The van der Waals surface area contributed by atoms with Crippen LogP contribution in [0.1, 0.15) is 5.76 Å². The summed E-state index contributed by atoms with van der Waals surface area (Å²) in [7, 11) is -3.85. The van der Waals surface area contributed by atoms with Crippen LogP contribution in [0.25, 0.3) is 0 Å². The van der Waals surface area contributed by atoms with Gasteiger partial charge in [-0.2, -0.15) is 5.26 Å². The van der Waals surface area contributed by atoms with Gasteiger partial charge in [0, 0.05) is 11.9 Å². The molecule has 8 heteroatoms. The number of nitrogens with one attached hydrogen (secondary N) is 1. The van der Waals surface area contributed by atoms with Crippen LogP contribution in [0.3, 0.4) is 0 Å². The number of rotatable bonds is 5. The van der Waals surface area contributed by atoms with Gasteiger partial charge < -0.3 is 9.73 Å². The maximum Gasteiger partial charge on any atom is 0.197 e. The van der Waals surface area contributed by atoms with Crippen molar-refractivity contribution < 1.29 is 17.2 Å². The Kier molecular flexibility index (Phi) is 4.85. The van der Waals surface area contributed by atoms with Crippen LogP contribution in [0.5, 0.6) is 0 Å². The van der Waals surface area contributed by atoms with Gasteiger partial charge in [0.05, 0.1) is 11.3 Å². The summed E-state index contributed by atoms with van der Waals surface area (Å²) in [5.41, 5.74) is 0.354. The van der Waals surface area contributed by atoms with Gasteiger partial charge in [-0.25, -0.2) is 12.8 Å². The Morgan fingerprint density at radius 2 is 2.23 bits per heavy atom. The topological polar surface area (TPSA) is 83.1 Å². The highest BCUT2D eigenvalue weighted by Crippen LogP contribution is 2.20. The Balaban J connectivity index is 2.20. The summed E-state index contributed by atoms with van der Waals surface area (Å²) in [6.07, 6.45) is 2.38. The highest BCUT2D eigenvalue weighted by Gasteiger charge is 2.20. The molecule has 1 aromatic carbocycles. The fourth-order valence-electron chi connectivity index (χ4n) is 1.59. The van der Waals surface area contributed by atoms with E-state index in [1.807, 2.05) is 0 Å². The van der Waals surface area contributed by atoms with E-state index in [4.69, 9.17) is 21.3 Å². The molecule has 0 saturated heterocycles. The van der Waals surface area contributed by atoms with Crippen LogP contribution in [-0.4, -0.2) is 8.42 Å². The number of hydrogen-bond donors (Lipinski definition) is 1. The largest absolute Gasteiger partial charge is 0.468 e. The third kappa shape index (κ3) is 3.87. The van der Waals surface area contributed by atoms with Crippen molar-refractivity contribution in [3.8, 4) is 6.07 Å². The van der Waals surface area contributed by atoms with E-state index in [2.05, 4.69) is 5.32 Å². The summed E-state index contributed by atoms with van der Waals surface area (Å²) >= 11 is 5.62. The molecule has 114 valence electrons. The monoisotopic (exact) mass is 340 g/mol. The van der Waals surface area contributed by atoms with E-state index in [0.717, 1.165) is 12.3 Å². The summed E-state index contributed by atoms with van der Waals surface area (Å²) in [4.78, 5) is -0.468. The molecule has 0 bridgehead atoms. The molecule has 0 fully saturated rings. The first-order valence-electron chi connectivity index (χ1n) is 5.99. The molecule has 0 spiro atoms. The fourth-order valence-corrected chi connectivity index (χ4v) is 2.84. The number of sulfone groups is 1. The lowest BCUT2D eigenvalue weighted by Crippen LogP contribution is -2.07. The number of allylic oxidation sites excluding steroid dienone is 1. The Bertz CT molecular complexity index is 839. The molecule has 1 N–H and O–H groups in total. The van der Waals surface area contributed by atoms with Crippen LogP contribution in [0, 0.1) is 17.1 Å². The Morgan fingerprint density at radius 1 is 1.45 bits per heavy atom. The van der Waals surface area contributed by atoms with Crippen molar-refractivity contribution in [3.63, 3.8) is 0 Å². The Morgan fingerprint density at radius 3 is 2.82 bits per heavy atom. The van der Waals surface area contributed by atoms with Gasteiger partial charge in [0.2, 0.25) is 0 Å². The minimum atomic E-state index is -3.85. The number of benzene rings is 1. The van der Waals surface area contributed by atoms with Crippen molar-refractivity contribution in [1.82, 2.24) is 0 Å². The maximum absolute atomic E-state index is 13.0. The van der Waals surface area contributed by atoms with Gasteiger partial charge in [-0.3, -0.25) is 0 Å². The molecule has 0 saturated carbocycles. The predicted octanol–water partition coefficient (Wildman–Crippen LogP) is 3.46. The Hall–Kier alpha value is -2.30. The van der Waals surface area contributed by atoms with E-state index < -0.39 is 26.3 Å². The molecule has 2 rings (SSSR count). The predicted molar refractivity (Wildman–Crippen MR) is 80.1 cm³/mol. The van der Waals surface area contributed by atoms with E-state index in [-0.39, 0.29) is 10.8 Å². The van der Waals surface area contributed by atoms with Gasteiger partial charge in [-0.1, -0.05) is 11.6 Å². The summed E-state index contributed by atoms with van der Waals surface area (Å²) < 4.78 is 42.2. The molecule has 0 aliphatic rings. The highest BCUT2D eigenvalue weighted by molar-refractivity contribution is 7.94. The van der Waals surface area contributed by atoms with Crippen molar-refractivity contribution in [1.29, 1.82) is 5.26 Å². The van der Waals surface area contributed by atoms with Crippen LogP contribution >= 0.6 is 11.6 Å². The first kappa shape index (κ1) is 16.1. The lowest BCUT2D eigenvalue weighted by atomic mass is 10.3. The zero-order valence-corrected chi connectivity index (χ0v) is 12.7. The van der Waals surface area contributed by atoms with E-state index in [0.29, 0.717) is 5.69 Å². The molecule has 2 aromatic rings. The molecule has 0 unspecified atom stereocenters. The molecule has 0 atom stereocenters. The lowest BCUT2D eigenvalue weighted by Gasteiger charge is -2.04. The molecular formula is C14H10ClFN2O3S. The molecule has 0 aliphatic heterocycles. The van der Waals surface area contributed by atoms with Crippen LogP contribution in [0.2, 0.25) is 5.02 Å². The number of nitriles is 1. The molecule has 1 aromatic heterocycles. The van der Waals surface area contributed by atoms with Gasteiger partial charge in [0.25, 0.3) is 0 Å². The van der Waals surface area contributed by atoms with Gasteiger partial charge in [-0.15, -0.1) is 0 Å². The SMILES string of the molecule is N#C/C(=C\Nc1ccc(F)c(Cl)c1)S(=O)(=O)Cc1ccco1. The summed E-state index contributed by atoms with van der Waals surface area (Å²) in [5, 5.41) is 11.5. The second-order valence-corrected chi connectivity index (χ2v) is 6.60. The second-order valence-electron chi connectivity index (χ2n) is 4.23. The van der Waals surface area contributed by atoms with Crippen molar-refractivity contribution in [2.75, 3.05) is 5.32 Å². The Labute approximate surface area is 131 Å². The van der Waals surface area contributed by atoms with E-state index in [9.17, 15) is 12.8 Å². The van der Waals surface area contributed by atoms with Gasteiger partial charge in [0.15, 0.2) is 14.7 Å². The number of anilines is 1. The summed E-state index contributed by atoms with van der Waals surface area (Å²) in [6, 6.07) is 8.44. The van der Waals surface area contributed by atoms with Gasteiger partial charge >= 0.3 is 0 Å². The minimum Gasteiger partial charge on any atom is -0.468 e. The molecular weight excluding hydrogens is 331 g/mol. The standard InChI is InChI=1S/C14H10ClFN2O3S/c15-13-6-10(3-4-14(13)16)18-8-12(7-17)22(19,20)9-11-2-1-5-21-11/h1-6,8,18H,9H2/b12-8+. The van der Waals surface area contributed by atoms with Crippen LogP contribution in [-0.2, 0) is 15.6 Å². The van der Waals surface area contributed by atoms with Crippen LogP contribution < -0.4 is 5.32 Å². The number of hydrogen-bond acceptors (Lipinski definition) is 5. The van der Waals surface area contributed by atoms with Gasteiger partial charge in [0.1, 0.15) is 23.4 Å². The molecule has 0 radical (unpaired) electrons. The summed E-state index contributed by atoms with van der Waals surface area (Å²) in [5.74, 6) is -0.793. The average molecular weight is 341 g/mol. The second kappa shape index (κ2) is 6.64. The van der Waals surface area contributed by atoms with E-state index in [1.165, 1.54) is 24.5 Å². The molecule has 0 aliphatic carbocycles. The third-order valence-corrected chi connectivity index (χ3v) is 4.48. The molecule has 5 nitrogen and oxygen atoms in total. The molecule has 22 heavy (non-hydrogen) atoms. The first-order chi connectivity index (χ1) is 10.4. The zero-order chi connectivity index (χ0) is 16.2. The van der Waals surface area contributed by atoms with Crippen molar-refractivity contribution in [3.05, 3.63) is 64.3 Å². The van der Waals surface area contributed by atoms with Crippen LogP contribution in [0.4, 0.5) is 10.1 Å². The smallest absolute Gasteiger partial charge is 0.197 e. The highest BCUT2D eigenvalue weighted by atomic mass is 35.5. The lowest BCUT2D eigenvalue weighted by molar-refractivity contribution is 0.522. The van der Waals surface area contributed by atoms with Gasteiger partial charge in [-0.05, 0) is 30.3 Å². The fraction of sp³-hybridized carbons (Fsp3) is 0.0714. The zero-order valence-electron chi connectivity index (χ0n) is 11.1. The van der Waals surface area contributed by atoms with E-state index in [1.54, 1.807) is 12.1 Å². The van der Waals surface area contributed by atoms with Crippen molar-refractivity contribution >= 4 is 27.1 Å². The number of nitrogens with zero attached hydrogens (tertiary/aromatic N) is 1. The maximum atomic E-state index is 13.0. The van der Waals surface area contributed by atoms with Crippen molar-refractivity contribution in [2.24, 2.45) is 0 Å². The molecule has 1 heterocycles. The third-order valence-electron chi connectivity index (χ3n) is 2.65. The minimum absolute atomic E-state index is 0.115.